The minimum atomic E-state index is -0.793. The van der Waals surface area contributed by atoms with Gasteiger partial charge in [0.1, 0.15) is 11.6 Å². The molecule has 0 bridgehead atoms. The van der Waals surface area contributed by atoms with Gasteiger partial charge in [-0.05, 0) is 55.8 Å². The van der Waals surface area contributed by atoms with E-state index in [0.29, 0.717) is 22.6 Å². The minimum Gasteiger partial charge on any atom is -0.481 e. The third-order valence-electron chi connectivity index (χ3n) is 3.40. The monoisotopic (exact) mass is 331 g/mol. The average molecular weight is 331 g/mol. The van der Waals surface area contributed by atoms with E-state index in [1.807, 2.05) is 0 Å². The van der Waals surface area contributed by atoms with Crippen LogP contribution in [0.25, 0.3) is 0 Å². The van der Waals surface area contributed by atoms with Crippen molar-refractivity contribution in [2.24, 2.45) is 0 Å². The summed E-state index contributed by atoms with van der Waals surface area (Å²) >= 11 is 0. The molecule has 0 unspecified atom stereocenters. The van der Waals surface area contributed by atoms with Gasteiger partial charge < -0.3 is 14.8 Å². The molecule has 1 atom stereocenters. The first-order valence-electron chi connectivity index (χ1n) is 7.32. The zero-order chi connectivity index (χ0) is 17.7. The first-order chi connectivity index (χ1) is 11.4. The Morgan fingerprint density at radius 2 is 1.79 bits per heavy atom. The van der Waals surface area contributed by atoms with E-state index in [1.54, 1.807) is 50.2 Å². The van der Waals surface area contributed by atoms with Crippen molar-refractivity contribution >= 4 is 17.6 Å². The second kappa shape index (κ2) is 7.59. The highest BCUT2D eigenvalue weighted by Gasteiger charge is 2.16. The fraction of sp³-hybridized carbons (Fsp3) is 0.222. The zero-order valence-corrected chi connectivity index (χ0v) is 13.6. The molecular formula is C18H18FNO4. The van der Waals surface area contributed by atoms with Crippen molar-refractivity contribution in [2.45, 2.75) is 20.0 Å². The molecule has 0 heterocycles. The third-order valence-corrected chi connectivity index (χ3v) is 3.40. The first kappa shape index (κ1) is 17.5. The van der Waals surface area contributed by atoms with Crippen LogP contribution in [0.4, 0.5) is 10.1 Å². The number of hydrogen-bond donors (Lipinski definition) is 1. The van der Waals surface area contributed by atoms with Crippen LogP contribution in [0.2, 0.25) is 0 Å². The summed E-state index contributed by atoms with van der Waals surface area (Å²) in [6.45, 7) is 3.22. The molecule has 2 aromatic rings. The predicted octanol–water partition coefficient (Wildman–Crippen LogP) is 3.33. The molecule has 0 aromatic heterocycles. The molecule has 2 rings (SSSR count). The van der Waals surface area contributed by atoms with E-state index in [2.05, 4.69) is 10.1 Å². The van der Waals surface area contributed by atoms with E-state index in [1.165, 1.54) is 13.2 Å². The number of methoxy groups -OCH3 is 1. The Morgan fingerprint density at radius 3 is 2.38 bits per heavy atom. The molecule has 126 valence electrons. The molecule has 0 aliphatic rings. The summed E-state index contributed by atoms with van der Waals surface area (Å²) in [5.41, 5.74) is 1.25. The quantitative estimate of drug-likeness (QED) is 0.854. The molecule has 2 aromatic carbocycles. The van der Waals surface area contributed by atoms with Crippen molar-refractivity contribution < 1.29 is 23.5 Å². The van der Waals surface area contributed by atoms with Gasteiger partial charge in [0.2, 0.25) is 0 Å². The summed E-state index contributed by atoms with van der Waals surface area (Å²) in [7, 11) is 1.30. The average Bonchev–Trinajstić information content (AvgIpc) is 2.58. The minimum absolute atomic E-state index is 0.361. The molecule has 0 aliphatic carbocycles. The van der Waals surface area contributed by atoms with Gasteiger partial charge in [-0.25, -0.2) is 9.18 Å². The highest BCUT2D eigenvalue weighted by molar-refractivity contribution is 5.94. The number of aryl methyl sites for hydroxylation is 1. The lowest BCUT2D eigenvalue weighted by atomic mass is 10.2. The number of nitrogens with one attached hydrogen (secondary N) is 1. The Kier molecular flexibility index (Phi) is 5.52. The van der Waals surface area contributed by atoms with Crippen LogP contribution in [-0.4, -0.2) is 25.1 Å². The lowest BCUT2D eigenvalue weighted by Crippen LogP contribution is -2.30. The van der Waals surface area contributed by atoms with Gasteiger partial charge in [0.15, 0.2) is 6.10 Å². The molecule has 24 heavy (non-hydrogen) atoms. The van der Waals surface area contributed by atoms with Crippen LogP contribution in [-0.2, 0) is 9.53 Å². The lowest BCUT2D eigenvalue weighted by molar-refractivity contribution is -0.122. The Hall–Kier alpha value is -2.89. The van der Waals surface area contributed by atoms with Crippen molar-refractivity contribution in [3.63, 3.8) is 0 Å². The predicted molar refractivity (Wildman–Crippen MR) is 87.6 cm³/mol. The molecular weight excluding hydrogens is 313 g/mol. The molecule has 6 heteroatoms. The highest BCUT2D eigenvalue weighted by atomic mass is 19.1. The van der Waals surface area contributed by atoms with Crippen LogP contribution in [0.3, 0.4) is 0 Å². The number of benzene rings is 2. The fourth-order valence-electron chi connectivity index (χ4n) is 1.96. The van der Waals surface area contributed by atoms with Gasteiger partial charge in [-0.1, -0.05) is 6.07 Å². The molecule has 1 N–H and O–H groups in total. The number of rotatable bonds is 5. The van der Waals surface area contributed by atoms with E-state index in [9.17, 15) is 14.0 Å². The van der Waals surface area contributed by atoms with Gasteiger partial charge in [-0.2, -0.15) is 0 Å². The normalized spacial score (nSPS) is 11.5. The van der Waals surface area contributed by atoms with Crippen molar-refractivity contribution in [3.05, 3.63) is 59.4 Å². The van der Waals surface area contributed by atoms with Crippen LogP contribution >= 0.6 is 0 Å². The van der Waals surface area contributed by atoms with E-state index < -0.39 is 18.0 Å². The molecule has 0 saturated carbocycles. The van der Waals surface area contributed by atoms with Gasteiger partial charge in [0.25, 0.3) is 5.91 Å². The second-order valence-electron chi connectivity index (χ2n) is 5.23. The van der Waals surface area contributed by atoms with Crippen LogP contribution < -0.4 is 10.1 Å². The molecule has 0 saturated heterocycles. The molecule has 0 aliphatic heterocycles. The standard InChI is InChI=1S/C18H18FNO4/c1-11-4-7-14(10-16(11)19)20-17(21)12(2)24-15-8-5-13(6-9-15)18(22)23-3/h4-10,12H,1-3H3,(H,20,21)/t12-/m0/s1. The lowest BCUT2D eigenvalue weighted by Gasteiger charge is -2.15. The number of hydrogen-bond acceptors (Lipinski definition) is 4. The van der Waals surface area contributed by atoms with Crippen LogP contribution in [0.15, 0.2) is 42.5 Å². The number of carbonyl (C=O) groups excluding carboxylic acids is 2. The first-order valence-corrected chi connectivity index (χ1v) is 7.32. The van der Waals surface area contributed by atoms with E-state index in [4.69, 9.17) is 4.74 Å². The van der Waals surface area contributed by atoms with Crippen molar-refractivity contribution in [2.75, 3.05) is 12.4 Å². The SMILES string of the molecule is COC(=O)c1ccc(O[C@@H](C)C(=O)Nc2ccc(C)c(F)c2)cc1. The molecule has 1 amide bonds. The van der Waals surface area contributed by atoms with Crippen molar-refractivity contribution in [1.82, 2.24) is 0 Å². The number of esters is 1. The van der Waals surface area contributed by atoms with E-state index >= 15 is 0 Å². The molecule has 0 radical (unpaired) electrons. The summed E-state index contributed by atoms with van der Waals surface area (Å²) < 4.78 is 23.6. The van der Waals surface area contributed by atoms with Crippen molar-refractivity contribution in [1.29, 1.82) is 0 Å². The second-order valence-corrected chi connectivity index (χ2v) is 5.23. The van der Waals surface area contributed by atoms with Crippen LogP contribution in [0, 0.1) is 12.7 Å². The fourth-order valence-corrected chi connectivity index (χ4v) is 1.96. The smallest absolute Gasteiger partial charge is 0.337 e. The number of anilines is 1. The maximum absolute atomic E-state index is 13.5. The zero-order valence-electron chi connectivity index (χ0n) is 13.6. The molecule has 0 fully saturated rings. The van der Waals surface area contributed by atoms with Crippen LogP contribution in [0.1, 0.15) is 22.8 Å². The highest BCUT2D eigenvalue weighted by Crippen LogP contribution is 2.17. The van der Waals surface area contributed by atoms with E-state index in [0.717, 1.165) is 0 Å². The topological polar surface area (TPSA) is 64.6 Å². The van der Waals surface area contributed by atoms with Gasteiger partial charge >= 0.3 is 5.97 Å². The summed E-state index contributed by atoms with van der Waals surface area (Å²) in [6.07, 6.45) is -0.793. The van der Waals surface area contributed by atoms with Crippen molar-refractivity contribution in [3.8, 4) is 5.75 Å². The Balaban J connectivity index is 1.98. The summed E-state index contributed by atoms with van der Waals surface area (Å²) in [4.78, 5) is 23.5. The number of amides is 1. The Labute approximate surface area is 139 Å². The molecule has 5 nitrogen and oxygen atoms in total. The maximum Gasteiger partial charge on any atom is 0.337 e. The van der Waals surface area contributed by atoms with Crippen LogP contribution in [0.5, 0.6) is 5.75 Å². The van der Waals surface area contributed by atoms with Gasteiger partial charge in [-0.15, -0.1) is 0 Å². The maximum atomic E-state index is 13.5. The number of carbonyl (C=O) groups is 2. The molecule has 0 spiro atoms. The third kappa shape index (κ3) is 4.32. The largest absolute Gasteiger partial charge is 0.481 e. The summed E-state index contributed by atoms with van der Waals surface area (Å²) in [6, 6.07) is 10.7. The number of halogens is 1. The number of ether oxygens (including phenoxy) is 2. The Bertz CT molecular complexity index is 743. The summed E-state index contributed by atoms with van der Waals surface area (Å²) in [5, 5.41) is 2.59. The van der Waals surface area contributed by atoms with Gasteiger partial charge in [0.05, 0.1) is 12.7 Å². The van der Waals surface area contributed by atoms with E-state index in [-0.39, 0.29) is 5.82 Å². The Morgan fingerprint density at radius 1 is 1.12 bits per heavy atom. The van der Waals surface area contributed by atoms with Gasteiger partial charge in [-0.3, -0.25) is 4.79 Å². The summed E-state index contributed by atoms with van der Waals surface area (Å²) in [5.74, 6) is -0.816. The van der Waals surface area contributed by atoms with Gasteiger partial charge in [0, 0.05) is 5.69 Å².